The van der Waals surface area contributed by atoms with Crippen molar-refractivity contribution in [2.75, 3.05) is 5.32 Å². The molecule has 4 rings (SSSR count). The highest BCUT2D eigenvalue weighted by Crippen LogP contribution is 2.38. The van der Waals surface area contributed by atoms with Crippen molar-refractivity contribution in [1.82, 2.24) is 20.4 Å². The van der Waals surface area contributed by atoms with Crippen molar-refractivity contribution in [1.29, 1.82) is 0 Å². The number of hydrogen-bond donors (Lipinski definition) is 1. The summed E-state index contributed by atoms with van der Waals surface area (Å²) in [5, 5.41) is 20.1. The first kappa shape index (κ1) is 18.6. The molecule has 1 N–H and O–H groups in total. The van der Waals surface area contributed by atoms with Gasteiger partial charge in [-0.3, -0.25) is 0 Å². The van der Waals surface area contributed by atoms with Gasteiger partial charge in [0.25, 0.3) is 0 Å². The zero-order valence-electron chi connectivity index (χ0n) is 15.1. The van der Waals surface area contributed by atoms with E-state index in [1.807, 2.05) is 38.1 Å². The molecule has 9 heteroatoms. The summed E-state index contributed by atoms with van der Waals surface area (Å²) in [6.07, 6.45) is 0. The molecule has 28 heavy (non-hydrogen) atoms. The number of halogens is 1. The molecule has 142 valence electrons. The first-order valence-electron chi connectivity index (χ1n) is 8.50. The van der Waals surface area contributed by atoms with Gasteiger partial charge in [-0.2, -0.15) is 0 Å². The molecule has 0 radical (unpaired) electrons. The van der Waals surface area contributed by atoms with Crippen molar-refractivity contribution < 1.29 is 8.81 Å². The molecule has 0 saturated carbocycles. The molecule has 0 aliphatic rings. The molecule has 2 heterocycles. The van der Waals surface area contributed by atoms with Gasteiger partial charge < -0.3 is 9.73 Å². The van der Waals surface area contributed by atoms with Crippen LogP contribution in [0.5, 0.6) is 0 Å². The lowest BCUT2D eigenvalue weighted by Crippen LogP contribution is -1.89. The number of hydrogen-bond acceptors (Lipinski definition) is 8. The summed E-state index contributed by atoms with van der Waals surface area (Å²) in [4.78, 5) is 0. The van der Waals surface area contributed by atoms with Gasteiger partial charge in [0.15, 0.2) is 4.34 Å². The van der Waals surface area contributed by atoms with E-state index in [-0.39, 0.29) is 11.1 Å². The van der Waals surface area contributed by atoms with Crippen LogP contribution in [0.1, 0.15) is 23.6 Å². The Labute approximate surface area is 169 Å². The summed E-state index contributed by atoms with van der Waals surface area (Å²) in [5.41, 5.74) is 2.69. The zero-order chi connectivity index (χ0) is 19.5. The lowest BCUT2D eigenvalue weighted by atomic mass is 10.1. The fraction of sp³-hybridized carbons (Fsp3) is 0.158. The summed E-state index contributed by atoms with van der Waals surface area (Å²) in [7, 11) is 0. The van der Waals surface area contributed by atoms with Gasteiger partial charge in [0.05, 0.1) is 5.25 Å². The van der Waals surface area contributed by atoms with Gasteiger partial charge in [-0.15, -0.1) is 20.4 Å². The Morgan fingerprint density at radius 2 is 1.89 bits per heavy atom. The summed E-state index contributed by atoms with van der Waals surface area (Å²) >= 11 is 2.86. The Hall–Kier alpha value is -2.78. The third kappa shape index (κ3) is 4.37. The maximum Gasteiger partial charge on any atom is 0.247 e. The molecule has 6 nitrogen and oxygen atoms in total. The lowest BCUT2D eigenvalue weighted by Gasteiger charge is -2.02. The molecule has 2 aromatic heterocycles. The minimum absolute atomic E-state index is 0.0818. The Kier molecular flexibility index (Phi) is 5.36. The molecular weight excluding hydrogens is 397 g/mol. The second-order valence-electron chi connectivity index (χ2n) is 6.08. The Bertz CT molecular complexity index is 1080. The number of thioether (sulfide) groups is 1. The molecular formula is C19H16FN5OS2. The Morgan fingerprint density at radius 3 is 2.68 bits per heavy atom. The average molecular weight is 414 g/mol. The smallest absolute Gasteiger partial charge is 0.247 e. The standard InChI is InChI=1S/C19H16FN5OS2/c1-11-6-8-13(9-7-11)17-23-22-16(26-17)12(2)27-19-25-24-18(28-19)21-15-5-3-4-14(20)10-15/h3-10,12H,1-2H3,(H,21,24). The van der Waals surface area contributed by atoms with Gasteiger partial charge in [0.2, 0.25) is 16.9 Å². The van der Waals surface area contributed by atoms with Crippen molar-refractivity contribution in [2.24, 2.45) is 0 Å². The lowest BCUT2D eigenvalue weighted by molar-refractivity contribution is 0.509. The zero-order valence-corrected chi connectivity index (χ0v) is 16.7. The molecule has 0 fully saturated rings. The highest BCUT2D eigenvalue weighted by molar-refractivity contribution is 8.01. The monoisotopic (exact) mass is 413 g/mol. The number of anilines is 2. The molecule has 1 unspecified atom stereocenters. The fourth-order valence-electron chi connectivity index (χ4n) is 2.41. The third-order valence-corrected chi connectivity index (χ3v) is 5.86. The number of nitrogens with one attached hydrogen (secondary N) is 1. The Morgan fingerprint density at radius 1 is 1.07 bits per heavy atom. The summed E-state index contributed by atoms with van der Waals surface area (Å²) in [5.74, 6) is 0.710. The molecule has 0 amide bonds. The number of aromatic nitrogens is 4. The van der Waals surface area contributed by atoms with Gasteiger partial charge in [-0.05, 0) is 44.2 Å². The van der Waals surface area contributed by atoms with E-state index in [0.717, 1.165) is 9.90 Å². The van der Waals surface area contributed by atoms with Crippen LogP contribution >= 0.6 is 23.1 Å². The summed E-state index contributed by atoms with van der Waals surface area (Å²) < 4.78 is 19.8. The van der Waals surface area contributed by atoms with Crippen molar-refractivity contribution in [3.8, 4) is 11.5 Å². The molecule has 4 aromatic rings. The van der Waals surface area contributed by atoms with Crippen molar-refractivity contribution in [3.05, 3.63) is 65.8 Å². The minimum Gasteiger partial charge on any atom is -0.419 e. The van der Waals surface area contributed by atoms with Crippen LogP contribution in [0.15, 0.2) is 57.3 Å². The molecule has 0 bridgehead atoms. The van der Waals surface area contributed by atoms with Crippen LogP contribution in [0.3, 0.4) is 0 Å². The van der Waals surface area contributed by atoms with Crippen LogP contribution in [0.4, 0.5) is 15.2 Å². The van der Waals surface area contributed by atoms with Gasteiger partial charge in [-0.25, -0.2) is 4.39 Å². The van der Waals surface area contributed by atoms with E-state index in [1.165, 1.54) is 40.8 Å². The van der Waals surface area contributed by atoms with Crippen molar-refractivity contribution >= 4 is 33.9 Å². The topological polar surface area (TPSA) is 76.7 Å². The van der Waals surface area contributed by atoms with Gasteiger partial charge >= 0.3 is 0 Å². The average Bonchev–Trinajstić information content (AvgIpc) is 3.32. The number of aryl methyl sites for hydroxylation is 1. The molecule has 0 spiro atoms. The first-order chi connectivity index (χ1) is 13.6. The summed E-state index contributed by atoms with van der Waals surface area (Å²) in [6, 6.07) is 14.1. The largest absolute Gasteiger partial charge is 0.419 e. The molecule has 0 aliphatic heterocycles. The quantitative estimate of drug-likeness (QED) is 0.410. The van der Waals surface area contributed by atoms with Gasteiger partial charge in [-0.1, -0.05) is 46.9 Å². The predicted molar refractivity (Wildman–Crippen MR) is 108 cm³/mol. The van der Waals surface area contributed by atoms with Gasteiger partial charge in [0, 0.05) is 11.3 Å². The van der Waals surface area contributed by atoms with Crippen molar-refractivity contribution in [3.63, 3.8) is 0 Å². The minimum atomic E-state index is -0.307. The number of nitrogens with zero attached hydrogens (tertiary/aromatic N) is 4. The van der Waals surface area contributed by atoms with E-state index in [2.05, 4.69) is 25.7 Å². The van der Waals surface area contributed by atoms with Gasteiger partial charge in [0.1, 0.15) is 5.82 Å². The summed E-state index contributed by atoms with van der Waals surface area (Å²) in [6.45, 7) is 4.00. The van der Waals surface area contributed by atoms with Crippen LogP contribution in [0.25, 0.3) is 11.5 Å². The van der Waals surface area contributed by atoms with Crippen LogP contribution in [-0.2, 0) is 0 Å². The second kappa shape index (κ2) is 8.07. The normalized spacial score (nSPS) is 12.1. The van der Waals surface area contributed by atoms with E-state index < -0.39 is 0 Å². The van der Waals surface area contributed by atoms with Crippen LogP contribution < -0.4 is 5.32 Å². The number of rotatable bonds is 6. The molecule has 0 saturated heterocycles. The Balaban J connectivity index is 1.42. The van der Waals surface area contributed by atoms with Crippen molar-refractivity contribution in [2.45, 2.75) is 23.4 Å². The predicted octanol–water partition coefficient (Wildman–Crippen LogP) is 5.63. The van der Waals surface area contributed by atoms with E-state index in [4.69, 9.17) is 4.42 Å². The molecule has 1 atom stereocenters. The highest BCUT2D eigenvalue weighted by Gasteiger charge is 2.18. The highest BCUT2D eigenvalue weighted by atomic mass is 32.2. The fourth-order valence-corrected chi connectivity index (χ4v) is 4.36. The third-order valence-electron chi connectivity index (χ3n) is 3.85. The van der Waals surface area contributed by atoms with E-state index in [9.17, 15) is 4.39 Å². The van der Waals surface area contributed by atoms with E-state index in [0.29, 0.717) is 22.6 Å². The maximum atomic E-state index is 13.3. The SMILES string of the molecule is Cc1ccc(-c2nnc(C(C)Sc3nnc(Nc4cccc(F)c4)s3)o2)cc1. The van der Waals surface area contributed by atoms with Crippen LogP contribution in [-0.4, -0.2) is 20.4 Å². The first-order valence-corrected chi connectivity index (χ1v) is 10.2. The number of benzene rings is 2. The molecule has 0 aliphatic carbocycles. The second-order valence-corrected chi connectivity index (χ2v) is 8.65. The van der Waals surface area contributed by atoms with E-state index in [1.54, 1.807) is 12.1 Å². The van der Waals surface area contributed by atoms with Crippen LogP contribution in [0, 0.1) is 12.7 Å². The maximum absolute atomic E-state index is 13.3. The van der Waals surface area contributed by atoms with Crippen LogP contribution in [0.2, 0.25) is 0 Å². The van der Waals surface area contributed by atoms with E-state index >= 15 is 0 Å². The molecule has 2 aromatic carbocycles.